The molecule has 0 spiro atoms. The lowest BCUT2D eigenvalue weighted by Gasteiger charge is -2.35. The molecule has 98 valence electrons. The van der Waals surface area contributed by atoms with Gasteiger partial charge in [0.1, 0.15) is 10.8 Å². The van der Waals surface area contributed by atoms with Crippen molar-refractivity contribution in [3.05, 3.63) is 28.0 Å². The van der Waals surface area contributed by atoms with E-state index in [2.05, 4.69) is 18.8 Å². The molecule has 1 unspecified atom stereocenters. The summed E-state index contributed by atoms with van der Waals surface area (Å²) in [5, 5.41) is 0.451. The second-order valence-electron chi connectivity index (χ2n) is 5.08. The quantitative estimate of drug-likeness (QED) is 0.608. The van der Waals surface area contributed by atoms with Crippen LogP contribution in [0.2, 0.25) is 5.15 Å². The number of aromatic nitrogens is 1. The van der Waals surface area contributed by atoms with Crippen molar-refractivity contribution in [2.24, 2.45) is 0 Å². The molecule has 1 heterocycles. The van der Waals surface area contributed by atoms with Crippen molar-refractivity contribution in [3.63, 3.8) is 0 Å². The van der Waals surface area contributed by atoms with E-state index >= 15 is 0 Å². The summed E-state index contributed by atoms with van der Waals surface area (Å²) >= 11 is 6.21. The monoisotopic (exact) mass is 267 g/mol. The normalized spacial score (nSPS) is 22.4. The number of rotatable bonds is 2. The number of fused-ring (bicyclic) bond motifs is 1. The number of carbonyl (C=O) groups is 1. The summed E-state index contributed by atoms with van der Waals surface area (Å²) in [5.74, 6) is -0.427. The highest BCUT2D eigenvalue weighted by molar-refractivity contribution is 6.30. The number of esters is 1. The number of carbonyl (C=O) groups excluding carboxylic acids is 1. The first-order chi connectivity index (χ1) is 8.51. The van der Waals surface area contributed by atoms with E-state index in [9.17, 15) is 4.79 Å². The first-order valence-corrected chi connectivity index (χ1v) is 6.68. The van der Waals surface area contributed by atoms with E-state index in [0.29, 0.717) is 10.8 Å². The highest BCUT2D eigenvalue weighted by Gasteiger charge is 2.33. The standard InChI is InChI=1S/C14H18ClNO2/c1-4-14(2)7-5-6-9-10(14)8-11(13(17)18-3)16-12(9)15/h8H,4-7H2,1-3H3. The van der Waals surface area contributed by atoms with E-state index in [1.165, 1.54) is 7.11 Å². The minimum Gasteiger partial charge on any atom is -0.464 e. The summed E-state index contributed by atoms with van der Waals surface area (Å²) in [5.41, 5.74) is 2.66. The molecule has 0 saturated carbocycles. The topological polar surface area (TPSA) is 39.2 Å². The van der Waals surface area contributed by atoms with Gasteiger partial charge in [-0.1, -0.05) is 25.4 Å². The van der Waals surface area contributed by atoms with E-state index in [0.717, 1.165) is 36.8 Å². The number of halogens is 1. The van der Waals surface area contributed by atoms with Crippen LogP contribution in [0, 0.1) is 0 Å². The van der Waals surface area contributed by atoms with Crippen LogP contribution in [0.3, 0.4) is 0 Å². The smallest absolute Gasteiger partial charge is 0.356 e. The average Bonchev–Trinajstić information content (AvgIpc) is 2.39. The highest BCUT2D eigenvalue weighted by atomic mass is 35.5. The number of methoxy groups -OCH3 is 1. The Morgan fingerprint density at radius 1 is 1.61 bits per heavy atom. The number of ether oxygens (including phenoxy) is 1. The van der Waals surface area contributed by atoms with E-state index in [1.54, 1.807) is 0 Å². The van der Waals surface area contributed by atoms with E-state index in [-0.39, 0.29) is 5.41 Å². The fourth-order valence-corrected chi connectivity index (χ4v) is 2.97. The third kappa shape index (κ3) is 2.12. The molecule has 1 aromatic rings. The summed E-state index contributed by atoms with van der Waals surface area (Å²) in [7, 11) is 1.36. The van der Waals surface area contributed by atoms with Gasteiger partial charge in [-0.2, -0.15) is 0 Å². The van der Waals surface area contributed by atoms with E-state index in [4.69, 9.17) is 16.3 Å². The van der Waals surface area contributed by atoms with Gasteiger partial charge in [0.05, 0.1) is 7.11 Å². The first kappa shape index (κ1) is 13.3. The molecule has 1 aromatic heterocycles. The predicted octanol–water partition coefficient (Wildman–Crippen LogP) is 3.53. The molecule has 0 N–H and O–H groups in total. The van der Waals surface area contributed by atoms with Gasteiger partial charge in [-0.3, -0.25) is 0 Å². The molecule has 0 bridgehead atoms. The minimum absolute atomic E-state index is 0.0862. The SMILES string of the molecule is CCC1(C)CCCc2c1cc(C(=O)OC)nc2Cl. The third-order valence-electron chi connectivity index (χ3n) is 4.05. The van der Waals surface area contributed by atoms with Crippen molar-refractivity contribution < 1.29 is 9.53 Å². The Bertz CT molecular complexity index is 487. The van der Waals surface area contributed by atoms with Crippen LogP contribution in [-0.2, 0) is 16.6 Å². The molecular weight excluding hydrogens is 250 g/mol. The molecular formula is C14H18ClNO2. The van der Waals surface area contributed by atoms with Crippen molar-refractivity contribution in [2.45, 2.75) is 44.9 Å². The average molecular weight is 268 g/mol. The molecule has 18 heavy (non-hydrogen) atoms. The molecule has 0 radical (unpaired) electrons. The second-order valence-corrected chi connectivity index (χ2v) is 5.44. The number of nitrogens with zero attached hydrogens (tertiary/aromatic N) is 1. The fourth-order valence-electron chi connectivity index (χ4n) is 2.68. The molecule has 0 saturated heterocycles. The van der Waals surface area contributed by atoms with Gasteiger partial charge in [-0.25, -0.2) is 9.78 Å². The van der Waals surface area contributed by atoms with Crippen molar-refractivity contribution >= 4 is 17.6 Å². The maximum Gasteiger partial charge on any atom is 0.356 e. The molecule has 3 nitrogen and oxygen atoms in total. The lowest BCUT2D eigenvalue weighted by molar-refractivity contribution is 0.0593. The lowest BCUT2D eigenvalue weighted by atomic mass is 9.70. The molecule has 1 atom stereocenters. The summed E-state index contributed by atoms with van der Waals surface area (Å²) in [4.78, 5) is 15.8. The van der Waals surface area contributed by atoms with Crippen molar-refractivity contribution in [1.29, 1.82) is 0 Å². The van der Waals surface area contributed by atoms with Crippen LogP contribution in [0.15, 0.2) is 6.07 Å². The fraction of sp³-hybridized carbons (Fsp3) is 0.571. The van der Waals surface area contributed by atoms with Crippen LogP contribution in [0.4, 0.5) is 0 Å². The Balaban J connectivity index is 2.58. The van der Waals surface area contributed by atoms with E-state index in [1.807, 2.05) is 6.07 Å². The predicted molar refractivity (Wildman–Crippen MR) is 71.2 cm³/mol. The Kier molecular flexibility index (Phi) is 3.62. The van der Waals surface area contributed by atoms with Gasteiger partial charge >= 0.3 is 5.97 Å². The largest absolute Gasteiger partial charge is 0.464 e. The lowest BCUT2D eigenvalue weighted by Crippen LogP contribution is -2.28. The summed E-state index contributed by atoms with van der Waals surface area (Å²) in [6.45, 7) is 4.39. The minimum atomic E-state index is -0.427. The van der Waals surface area contributed by atoms with Gasteiger partial charge in [0.2, 0.25) is 0 Å². The van der Waals surface area contributed by atoms with Crippen LogP contribution in [-0.4, -0.2) is 18.1 Å². The van der Waals surface area contributed by atoms with Crippen LogP contribution >= 0.6 is 11.6 Å². The van der Waals surface area contributed by atoms with Crippen LogP contribution in [0.1, 0.15) is 54.7 Å². The molecule has 0 fully saturated rings. The highest BCUT2D eigenvalue weighted by Crippen LogP contribution is 2.41. The van der Waals surface area contributed by atoms with Gasteiger partial charge in [-0.15, -0.1) is 0 Å². The van der Waals surface area contributed by atoms with Gasteiger partial charge < -0.3 is 4.74 Å². The van der Waals surface area contributed by atoms with E-state index < -0.39 is 5.97 Å². The molecule has 0 aliphatic heterocycles. The number of pyridine rings is 1. The Hall–Kier alpha value is -1.09. The molecule has 0 amide bonds. The van der Waals surface area contributed by atoms with Gasteiger partial charge in [-0.05, 0) is 48.3 Å². The summed E-state index contributed by atoms with van der Waals surface area (Å²) < 4.78 is 4.72. The van der Waals surface area contributed by atoms with Crippen LogP contribution < -0.4 is 0 Å². The Labute approximate surface area is 113 Å². The van der Waals surface area contributed by atoms with Gasteiger partial charge in [0, 0.05) is 0 Å². The number of hydrogen-bond acceptors (Lipinski definition) is 3. The maximum atomic E-state index is 11.6. The number of hydrogen-bond donors (Lipinski definition) is 0. The van der Waals surface area contributed by atoms with Crippen molar-refractivity contribution in [1.82, 2.24) is 4.98 Å². The zero-order chi connectivity index (χ0) is 13.3. The summed E-state index contributed by atoms with van der Waals surface area (Å²) in [6, 6.07) is 1.86. The molecule has 4 heteroatoms. The maximum absolute atomic E-state index is 11.6. The molecule has 2 rings (SSSR count). The van der Waals surface area contributed by atoms with Gasteiger partial charge in [0.25, 0.3) is 0 Å². The molecule has 1 aliphatic carbocycles. The van der Waals surface area contributed by atoms with Crippen LogP contribution in [0.25, 0.3) is 0 Å². The summed E-state index contributed by atoms with van der Waals surface area (Å²) in [6.07, 6.45) is 4.22. The van der Waals surface area contributed by atoms with Crippen molar-refractivity contribution in [2.75, 3.05) is 7.11 Å². The third-order valence-corrected chi connectivity index (χ3v) is 4.37. The first-order valence-electron chi connectivity index (χ1n) is 6.30. The Morgan fingerprint density at radius 2 is 2.33 bits per heavy atom. The van der Waals surface area contributed by atoms with Crippen molar-refractivity contribution in [3.8, 4) is 0 Å². The molecule has 1 aliphatic rings. The molecule has 0 aromatic carbocycles. The Morgan fingerprint density at radius 3 is 2.94 bits per heavy atom. The zero-order valence-electron chi connectivity index (χ0n) is 11.0. The zero-order valence-corrected chi connectivity index (χ0v) is 11.8. The second kappa shape index (κ2) is 4.88. The van der Waals surface area contributed by atoms with Gasteiger partial charge in [0.15, 0.2) is 0 Å². The van der Waals surface area contributed by atoms with Crippen LogP contribution in [0.5, 0.6) is 0 Å².